The predicted molar refractivity (Wildman–Crippen MR) is 68.0 cm³/mol. The lowest BCUT2D eigenvalue weighted by Gasteiger charge is -2.25. The van der Waals surface area contributed by atoms with Gasteiger partial charge in [0.1, 0.15) is 5.88 Å². The van der Waals surface area contributed by atoms with Gasteiger partial charge in [-0.1, -0.05) is 11.3 Å². The number of thiazole rings is 1. The fourth-order valence-electron chi connectivity index (χ4n) is 1.68. The number of nitrogens with zero attached hydrogens (tertiary/aromatic N) is 2. The lowest BCUT2D eigenvalue weighted by Crippen LogP contribution is -2.36. The Hall–Kier alpha value is -1.34. The summed E-state index contributed by atoms with van der Waals surface area (Å²) in [6.45, 7) is 1.11. The SMILES string of the molecule is COC(=O)Nc1nc2c(s1)CN(C(=O)CCl)CC2. The first-order valence-electron chi connectivity index (χ1n) is 5.31. The van der Waals surface area contributed by atoms with Crippen LogP contribution in [0.5, 0.6) is 0 Å². The number of carbonyl (C=O) groups excluding carboxylic acids is 2. The molecule has 98 valence electrons. The highest BCUT2D eigenvalue weighted by Crippen LogP contribution is 2.28. The van der Waals surface area contributed by atoms with Gasteiger partial charge in [0.05, 0.1) is 19.3 Å². The average Bonchev–Trinajstić information content (AvgIpc) is 2.78. The summed E-state index contributed by atoms with van der Waals surface area (Å²) in [6.07, 6.45) is 0.131. The Balaban J connectivity index is 2.09. The number of ether oxygens (including phenoxy) is 1. The number of halogens is 1. The molecular weight excluding hydrogens is 278 g/mol. The summed E-state index contributed by atoms with van der Waals surface area (Å²) in [5.74, 6) is -0.0975. The van der Waals surface area contributed by atoms with Gasteiger partial charge in [-0.2, -0.15) is 0 Å². The van der Waals surface area contributed by atoms with Crippen molar-refractivity contribution in [3.05, 3.63) is 10.6 Å². The van der Waals surface area contributed by atoms with E-state index < -0.39 is 6.09 Å². The number of aromatic nitrogens is 1. The van der Waals surface area contributed by atoms with E-state index in [9.17, 15) is 9.59 Å². The topological polar surface area (TPSA) is 71.5 Å². The molecule has 1 aliphatic heterocycles. The van der Waals surface area contributed by atoms with Gasteiger partial charge in [-0.05, 0) is 0 Å². The maximum Gasteiger partial charge on any atom is 0.413 e. The van der Waals surface area contributed by atoms with E-state index in [1.54, 1.807) is 4.90 Å². The van der Waals surface area contributed by atoms with Crippen LogP contribution in [0.15, 0.2) is 0 Å². The lowest BCUT2D eigenvalue weighted by atomic mass is 10.2. The molecule has 0 radical (unpaired) electrons. The highest BCUT2D eigenvalue weighted by atomic mass is 35.5. The number of rotatable bonds is 2. The van der Waals surface area contributed by atoms with Gasteiger partial charge in [0.2, 0.25) is 5.91 Å². The van der Waals surface area contributed by atoms with Gasteiger partial charge in [-0.15, -0.1) is 11.6 Å². The van der Waals surface area contributed by atoms with Crippen LogP contribution in [0.4, 0.5) is 9.93 Å². The second kappa shape index (κ2) is 5.53. The molecule has 0 aliphatic carbocycles. The second-order valence-corrected chi connectivity index (χ2v) is 5.06. The van der Waals surface area contributed by atoms with E-state index in [0.717, 1.165) is 10.6 Å². The van der Waals surface area contributed by atoms with Crippen LogP contribution in [0, 0.1) is 0 Å². The summed E-state index contributed by atoms with van der Waals surface area (Å²) in [5.41, 5.74) is 0.921. The molecule has 1 aromatic rings. The van der Waals surface area contributed by atoms with Crippen LogP contribution < -0.4 is 5.32 Å². The highest BCUT2D eigenvalue weighted by Gasteiger charge is 2.23. The van der Waals surface area contributed by atoms with E-state index >= 15 is 0 Å². The van der Waals surface area contributed by atoms with Crippen molar-refractivity contribution in [2.24, 2.45) is 0 Å². The van der Waals surface area contributed by atoms with Crippen LogP contribution in [0.3, 0.4) is 0 Å². The normalized spacial score (nSPS) is 14.0. The first-order chi connectivity index (χ1) is 8.63. The monoisotopic (exact) mass is 289 g/mol. The Morgan fingerprint density at radius 2 is 2.39 bits per heavy atom. The van der Waals surface area contributed by atoms with Crippen molar-refractivity contribution < 1.29 is 14.3 Å². The Bertz CT molecular complexity index is 477. The first kappa shape index (κ1) is 13.1. The largest absolute Gasteiger partial charge is 0.453 e. The zero-order chi connectivity index (χ0) is 13.1. The molecule has 0 bridgehead atoms. The van der Waals surface area contributed by atoms with Crippen LogP contribution in [0.25, 0.3) is 0 Å². The van der Waals surface area contributed by atoms with E-state index in [1.165, 1.54) is 18.4 Å². The van der Waals surface area contributed by atoms with Crippen molar-refractivity contribution in [2.45, 2.75) is 13.0 Å². The van der Waals surface area contributed by atoms with Crippen LogP contribution in [-0.2, 0) is 22.5 Å². The van der Waals surface area contributed by atoms with Crippen molar-refractivity contribution in [1.82, 2.24) is 9.88 Å². The van der Waals surface area contributed by atoms with E-state index in [0.29, 0.717) is 24.6 Å². The summed E-state index contributed by atoms with van der Waals surface area (Å²) in [4.78, 5) is 29.5. The predicted octanol–water partition coefficient (Wildman–Crippen LogP) is 1.44. The summed E-state index contributed by atoms with van der Waals surface area (Å²) in [6, 6.07) is 0. The van der Waals surface area contributed by atoms with Gasteiger partial charge in [0.15, 0.2) is 5.13 Å². The molecule has 0 aromatic carbocycles. The molecule has 0 saturated heterocycles. The summed E-state index contributed by atoms with van der Waals surface area (Å²) in [7, 11) is 1.30. The molecule has 0 atom stereocenters. The van der Waals surface area contributed by atoms with Crippen LogP contribution in [0.2, 0.25) is 0 Å². The second-order valence-electron chi connectivity index (χ2n) is 3.70. The molecule has 0 unspecified atom stereocenters. The first-order valence-corrected chi connectivity index (χ1v) is 6.66. The molecule has 8 heteroatoms. The fraction of sp³-hybridized carbons (Fsp3) is 0.500. The lowest BCUT2D eigenvalue weighted by molar-refractivity contribution is -0.129. The Labute approximate surface area is 113 Å². The third-order valence-electron chi connectivity index (χ3n) is 2.59. The van der Waals surface area contributed by atoms with Crippen molar-refractivity contribution in [1.29, 1.82) is 0 Å². The van der Waals surface area contributed by atoms with E-state index in [2.05, 4.69) is 15.0 Å². The van der Waals surface area contributed by atoms with Crippen LogP contribution in [0.1, 0.15) is 10.6 Å². The highest BCUT2D eigenvalue weighted by molar-refractivity contribution is 7.15. The van der Waals surface area contributed by atoms with E-state index in [1.807, 2.05) is 0 Å². The molecule has 2 amide bonds. The number of hydrogen-bond acceptors (Lipinski definition) is 5. The van der Waals surface area contributed by atoms with Gasteiger partial charge in [-0.3, -0.25) is 10.1 Å². The maximum absolute atomic E-state index is 11.5. The Morgan fingerprint density at radius 3 is 3.06 bits per heavy atom. The quantitative estimate of drug-likeness (QED) is 0.837. The standard InChI is InChI=1S/C10H12ClN3O3S/c1-17-10(16)13-9-12-6-2-3-14(8(15)4-11)5-7(6)18-9/h2-5H2,1H3,(H,12,13,16). The third kappa shape index (κ3) is 2.73. The zero-order valence-electron chi connectivity index (χ0n) is 9.73. The van der Waals surface area contributed by atoms with Gasteiger partial charge < -0.3 is 9.64 Å². The third-order valence-corrected chi connectivity index (χ3v) is 3.82. The van der Waals surface area contributed by atoms with Crippen LogP contribution in [-0.4, -0.2) is 41.4 Å². The molecule has 0 spiro atoms. The minimum Gasteiger partial charge on any atom is -0.453 e. The van der Waals surface area contributed by atoms with Gasteiger partial charge in [0.25, 0.3) is 0 Å². The van der Waals surface area contributed by atoms with Crippen molar-refractivity contribution >= 4 is 40.1 Å². The van der Waals surface area contributed by atoms with Gasteiger partial charge in [0, 0.05) is 17.8 Å². The molecule has 1 N–H and O–H groups in total. The number of carbonyl (C=O) groups is 2. The number of anilines is 1. The maximum atomic E-state index is 11.5. The zero-order valence-corrected chi connectivity index (χ0v) is 11.3. The number of amides is 2. The average molecular weight is 290 g/mol. The molecule has 6 nitrogen and oxygen atoms in total. The smallest absolute Gasteiger partial charge is 0.413 e. The van der Waals surface area contributed by atoms with Crippen molar-refractivity contribution in [3.63, 3.8) is 0 Å². The molecule has 1 aromatic heterocycles. The molecule has 18 heavy (non-hydrogen) atoms. The molecule has 0 saturated carbocycles. The summed E-state index contributed by atoms with van der Waals surface area (Å²) in [5, 5.41) is 3.02. The van der Waals surface area contributed by atoms with E-state index in [4.69, 9.17) is 11.6 Å². The minimum atomic E-state index is -0.546. The number of methoxy groups -OCH3 is 1. The Kier molecular flexibility index (Phi) is 4.03. The molecule has 2 rings (SSSR count). The van der Waals surface area contributed by atoms with Crippen LogP contribution >= 0.6 is 22.9 Å². The van der Waals surface area contributed by atoms with Gasteiger partial charge >= 0.3 is 6.09 Å². The number of hydrogen-bond donors (Lipinski definition) is 1. The number of alkyl halides is 1. The van der Waals surface area contributed by atoms with E-state index in [-0.39, 0.29) is 11.8 Å². The fourth-order valence-corrected chi connectivity index (χ4v) is 2.86. The van der Waals surface area contributed by atoms with Crippen molar-refractivity contribution in [2.75, 3.05) is 24.9 Å². The van der Waals surface area contributed by atoms with Crippen molar-refractivity contribution in [3.8, 4) is 0 Å². The minimum absolute atomic E-state index is 0.0125. The Morgan fingerprint density at radius 1 is 1.61 bits per heavy atom. The molecular formula is C10H12ClN3O3S. The molecule has 1 aliphatic rings. The summed E-state index contributed by atoms with van der Waals surface area (Å²) < 4.78 is 4.50. The molecule has 0 fully saturated rings. The molecule has 2 heterocycles. The summed E-state index contributed by atoms with van der Waals surface area (Å²) >= 11 is 6.88. The number of fused-ring (bicyclic) bond motifs is 1. The number of nitrogens with one attached hydrogen (secondary N) is 1. The van der Waals surface area contributed by atoms with Gasteiger partial charge in [-0.25, -0.2) is 9.78 Å².